The molecule has 1 aromatic carbocycles. The second-order valence-electron chi connectivity index (χ2n) is 5.08. The van der Waals surface area contributed by atoms with E-state index < -0.39 is 5.97 Å². The summed E-state index contributed by atoms with van der Waals surface area (Å²) in [5.41, 5.74) is 5.51. The Morgan fingerprint density at radius 3 is 2.11 bits per heavy atom. The van der Waals surface area contributed by atoms with E-state index in [1.54, 1.807) is 24.3 Å². The van der Waals surface area contributed by atoms with Gasteiger partial charge in [-0.1, -0.05) is 0 Å². The number of nitrogens with zero attached hydrogens (tertiary/aromatic N) is 1. The standard InChI is InChI=1S/C14H16N2O2/c17-14(18)11-5-7-12(8-6-11)15-16-13(9-1-2-9)10-3-4-10/h5-10,15H,1-4H2,(H,17,18). The smallest absolute Gasteiger partial charge is 0.335 e. The van der Waals surface area contributed by atoms with Crippen LogP contribution in [-0.4, -0.2) is 16.8 Å². The van der Waals surface area contributed by atoms with Gasteiger partial charge in [-0.25, -0.2) is 4.79 Å². The first-order valence-corrected chi connectivity index (χ1v) is 6.41. The highest BCUT2D eigenvalue weighted by molar-refractivity contribution is 5.93. The number of benzene rings is 1. The summed E-state index contributed by atoms with van der Waals surface area (Å²) in [5.74, 6) is 0.494. The molecule has 0 atom stereocenters. The van der Waals surface area contributed by atoms with Crippen LogP contribution in [0.3, 0.4) is 0 Å². The van der Waals surface area contributed by atoms with Gasteiger partial charge in [-0.2, -0.15) is 5.10 Å². The van der Waals surface area contributed by atoms with Crippen LogP contribution in [0.25, 0.3) is 0 Å². The first kappa shape index (κ1) is 11.3. The van der Waals surface area contributed by atoms with E-state index in [2.05, 4.69) is 10.5 Å². The molecule has 0 aliphatic heterocycles. The third-order valence-corrected chi connectivity index (χ3v) is 3.44. The summed E-state index contributed by atoms with van der Waals surface area (Å²) in [6, 6.07) is 6.69. The minimum Gasteiger partial charge on any atom is -0.478 e. The Labute approximate surface area is 106 Å². The molecule has 4 nitrogen and oxygen atoms in total. The lowest BCUT2D eigenvalue weighted by atomic mass is 10.1. The second kappa shape index (κ2) is 4.44. The van der Waals surface area contributed by atoms with E-state index in [-0.39, 0.29) is 0 Å². The molecule has 3 rings (SSSR count). The summed E-state index contributed by atoms with van der Waals surface area (Å²) < 4.78 is 0. The summed E-state index contributed by atoms with van der Waals surface area (Å²) >= 11 is 0. The van der Waals surface area contributed by atoms with E-state index >= 15 is 0 Å². The van der Waals surface area contributed by atoms with Gasteiger partial charge in [0.15, 0.2) is 0 Å². The van der Waals surface area contributed by atoms with Crippen molar-refractivity contribution in [3.8, 4) is 0 Å². The number of hydrogen-bond acceptors (Lipinski definition) is 3. The molecule has 2 saturated carbocycles. The summed E-state index contributed by atoms with van der Waals surface area (Å²) in [5, 5.41) is 13.3. The molecule has 2 aliphatic carbocycles. The highest BCUT2D eigenvalue weighted by Gasteiger charge is 2.38. The normalized spacial score (nSPS) is 18.2. The lowest BCUT2D eigenvalue weighted by molar-refractivity contribution is 0.0697. The fraction of sp³-hybridized carbons (Fsp3) is 0.429. The van der Waals surface area contributed by atoms with Gasteiger partial charge in [0.25, 0.3) is 0 Å². The molecule has 0 spiro atoms. The van der Waals surface area contributed by atoms with Gasteiger partial charge in [0.1, 0.15) is 0 Å². The van der Waals surface area contributed by atoms with Gasteiger partial charge < -0.3 is 5.11 Å². The molecule has 0 heterocycles. The van der Waals surface area contributed by atoms with Gasteiger partial charge in [-0.3, -0.25) is 5.43 Å². The molecule has 0 radical (unpaired) electrons. The van der Waals surface area contributed by atoms with Crippen LogP contribution in [0.2, 0.25) is 0 Å². The zero-order valence-electron chi connectivity index (χ0n) is 10.1. The average molecular weight is 244 g/mol. The number of carboxylic acid groups (broad SMARTS) is 1. The summed E-state index contributed by atoms with van der Waals surface area (Å²) in [7, 11) is 0. The van der Waals surface area contributed by atoms with Crippen LogP contribution in [0.5, 0.6) is 0 Å². The lowest BCUT2D eigenvalue weighted by Crippen LogP contribution is -2.07. The molecule has 0 amide bonds. The van der Waals surface area contributed by atoms with Gasteiger partial charge in [-0.05, 0) is 61.8 Å². The molecule has 0 saturated heterocycles. The van der Waals surface area contributed by atoms with Crippen LogP contribution in [0.1, 0.15) is 36.0 Å². The number of anilines is 1. The minimum absolute atomic E-state index is 0.300. The van der Waals surface area contributed by atoms with Crippen molar-refractivity contribution in [1.29, 1.82) is 0 Å². The molecule has 94 valence electrons. The van der Waals surface area contributed by atoms with Gasteiger partial charge in [0.05, 0.1) is 11.3 Å². The van der Waals surface area contributed by atoms with Crippen molar-refractivity contribution in [3.63, 3.8) is 0 Å². The Morgan fingerprint density at radius 1 is 1.11 bits per heavy atom. The van der Waals surface area contributed by atoms with Crippen molar-refractivity contribution in [1.82, 2.24) is 0 Å². The zero-order valence-corrected chi connectivity index (χ0v) is 10.1. The van der Waals surface area contributed by atoms with E-state index in [9.17, 15) is 4.79 Å². The summed E-state index contributed by atoms with van der Waals surface area (Å²) in [4.78, 5) is 10.7. The van der Waals surface area contributed by atoms with E-state index in [4.69, 9.17) is 5.11 Å². The monoisotopic (exact) mass is 244 g/mol. The molecular formula is C14H16N2O2. The van der Waals surface area contributed by atoms with E-state index in [0.29, 0.717) is 17.4 Å². The Kier molecular flexibility index (Phi) is 2.78. The Hall–Kier alpha value is -1.84. The maximum Gasteiger partial charge on any atom is 0.335 e. The van der Waals surface area contributed by atoms with Crippen molar-refractivity contribution >= 4 is 17.4 Å². The number of carboxylic acids is 1. The molecule has 2 N–H and O–H groups in total. The van der Waals surface area contributed by atoms with E-state index in [0.717, 1.165) is 5.69 Å². The molecule has 4 heteroatoms. The lowest BCUT2D eigenvalue weighted by Gasteiger charge is -2.05. The molecule has 18 heavy (non-hydrogen) atoms. The average Bonchev–Trinajstić information content (AvgIpc) is 3.24. The van der Waals surface area contributed by atoms with Crippen LogP contribution >= 0.6 is 0 Å². The molecular weight excluding hydrogens is 228 g/mol. The van der Waals surface area contributed by atoms with E-state index in [1.165, 1.54) is 31.4 Å². The molecule has 1 aromatic rings. The fourth-order valence-corrected chi connectivity index (χ4v) is 2.09. The number of nitrogens with one attached hydrogen (secondary N) is 1. The molecule has 2 fully saturated rings. The minimum atomic E-state index is -0.901. The topological polar surface area (TPSA) is 61.7 Å². The van der Waals surface area contributed by atoms with E-state index in [1.807, 2.05) is 0 Å². The third-order valence-electron chi connectivity index (χ3n) is 3.44. The number of rotatable bonds is 5. The van der Waals surface area contributed by atoms with Crippen LogP contribution < -0.4 is 5.43 Å². The predicted octanol–water partition coefficient (Wildman–Crippen LogP) is 2.97. The SMILES string of the molecule is O=C(O)c1ccc(NN=C(C2CC2)C2CC2)cc1. The van der Waals surface area contributed by atoms with Crippen molar-refractivity contribution in [2.24, 2.45) is 16.9 Å². The van der Waals surface area contributed by atoms with Crippen LogP contribution in [0, 0.1) is 11.8 Å². The second-order valence-corrected chi connectivity index (χ2v) is 5.08. The van der Waals surface area contributed by atoms with Gasteiger partial charge >= 0.3 is 5.97 Å². The summed E-state index contributed by atoms with van der Waals surface area (Å²) in [6.45, 7) is 0. The molecule has 0 aromatic heterocycles. The van der Waals surface area contributed by atoms with Gasteiger partial charge in [-0.15, -0.1) is 0 Å². The first-order valence-electron chi connectivity index (χ1n) is 6.41. The predicted molar refractivity (Wildman–Crippen MR) is 69.9 cm³/mol. The third kappa shape index (κ3) is 2.53. The Bertz CT molecular complexity index is 471. The maximum absolute atomic E-state index is 10.7. The largest absolute Gasteiger partial charge is 0.478 e. The van der Waals surface area contributed by atoms with Crippen molar-refractivity contribution < 1.29 is 9.90 Å². The maximum atomic E-state index is 10.7. The van der Waals surface area contributed by atoms with Crippen molar-refractivity contribution in [2.75, 3.05) is 5.43 Å². The first-order chi connectivity index (χ1) is 8.74. The van der Waals surface area contributed by atoms with Gasteiger partial charge in [0, 0.05) is 5.71 Å². The number of hydrazone groups is 1. The number of carbonyl (C=O) groups is 1. The fourth-order valence-electron chi connectivity index (χ4n) is 2.09. The van der Waals surface area contributed by atoms with Crippen molar-refractivity contribution in [3.05, 3.63) is 29.8 Å². The summed E-state index contributed by atoms with van der Waals surface area (Å²) in [6.07, 6.45) is 5.09. The number of hydrogen-bond donors (Lipinski definition) is 2. The van der Waals surface area contributed by atoms with Crippen LogP contribution in [-0.2, 0) is 0 Å². The molecule has 2 aliphatic rings. The number of aromatic carboxylic acids is 1. The van der Waals surface area contributed by atoms with Gasteiger partial charge in [0.2, 0.25) is 0 Å². The van der Waals surface area contributed by atoms with Crippen molar-refractivity contribution in [2.45, 2.75) is 25.7 Å². The Balaban J connectivity index is 1.68. The molecule has 0 bridgehead atoms. The van der Waals surface area contributed by atoms with Crippen LogP contribution in [0.4, 0.5) is 5.69 Å². The zero-order chi connectivity index (χ0) is 12.5. The highest BCUT2D eigenvalue weighted by Crippen LogP contribution is 2.42. The quantitative estimate of drug-likeness (QED) is 0.618. The molecule has 0 unspecified atom stereocenters. The van der Waals surface area contributed by atoms with Crippen LogP contribution in [0.15, 0.2) is 29.4 Å². The Morgan fingerprint density at radius 2 is 1.67 bits per heavy atom. The highest BCUT2D eigenvalue weighted by atomic mass is 16.4.